The molecule has 28 heavy (non-hydrogen) atoms. The molecule has 0 saturated carbocycles. The highest BCUT2D eigenvalue weighted by molar-refractivity contribution is 6.15. The molecule has 0 bridgehead atoms. The number of nitrogens with zero attached hydrogens (tertiary/aromatic N) is 2. The molecule has 0 amide bonds. The van der Waals surface area contributed by atoms with Crippen LogP contribution in [-0.4, -0.2) is 45.9 Å². The molecular formula is C20H20N4O4. The lowest BCUT2D eigenvalue weighted by atomic mass is 10.00. The molecule has 1 saturated heterocycles. The Morgan fingerprint density at radius 2 is 2.00 bits per heavy atom. The van der Waals surface area contributed by atoms with E-state index in [1.54, 1.807) is 12.1 Å². The molecule has 2 aliphatic rings. The van der Waals surface area contributed by atoms with Gasteiger partial charge in [-0.3, -0.25) is 19.1 Å². The average molecular weight is 380 g/mol. The molecule has 5 rings (SSSR count). The van der Waals surface area contributed by atoms with Gasteiger partial charge in [0.05, 0.1) is 17.4 Å². The van der Waals surface area contributed by atoms with Crippen molar-refractivity contribution in [1.29, 1.82) is 0 Å². The van der Waals surface area contributed by atoms with E-state index in [4.69, 9.17) is 10.1 Å². The third kappa shape index (κ3) is 2.45. The fourth-order valence-corrected chi connectivity index (χ4v) is 4.38. The first-order valence-corrected chi connectivity index (χ1v) is 9.42. The van der Waals surface area contributed by atoms with Crippen LogP contribution in [0.5, 0.6) is 5.88 Å². The van der Waals surface area contributed by atoms with Crippen molar-refractivity contribution < 1.29 is 15.0 Å². The number of hydrogen-bond acceptors (Lipinski definition) is 6. The molecule has 2 unspecified atom stereocenters. The minimum atomic E-state index is -0.924. The van der Waals surface area contributed by atoms with Crippen molar-refractivity contribution in [2.24, 2.45) is 4.99 Å². The van der Waals surface area contributed by atoms with Gasteiger partial charge in [-0.05, 0) is 30.7 Å². The maximum Gasteiger partial charge on any atom is 0.303 e. The quantitative estimate of drug-likeness (QED) is 0.533. The summed E-state index contributed by atoms with van der Waals surface area (Å²) in [6.07, 6.45) is 0.212. The largest absolute Gasteiger partial charge is 0.494 e. The van der Waals surface area contributed by atoms with Crippen LogP contribution >= 0.6 is 0 Å². The van der Waals surface area contributed by atoms with E-state index in [2.05, 4.69) is 10.6 Å². The number of nitrogens with one attached hydrogen (secondary N) is 2. The minimum Gasteiger partial charge on any atom is -0.494 e. The molecule has 0 aliphatic carbocycles. The van der Waals surface area contributed by atoms with Gasteiger partial charge in [0.2, 0.25) is 5.88 Å². The van der Waals surface area contributed by atoms with E-state index in [-0.39, 0.29) is 42.9 Å². The van der Waals surface area contributed by atoms with Crippen molar-refractivity contribution in [3.8, 4) is 5.88 Å². The van der Waals surface area contributed by atoms with Crippen LogP contribution in [0.15, 0.2) is 34.1 Å². The van der Waals surface area contributed by atoms with Crippen molar-refractivity contribution >= 4 is 33.2 Å². The molecule has 4 N–H and O–H groups in total. The molecule has 8 nitrogen and oxygen atoms in total. The number of carboxylic acids is 1. The fraction of sp³-hybridized carbons (Fsp3) is 0.350. The second kappa shape index (κ2) is 6.20. The molecule has 3 heterocycles. The number of benzene rings is 2. The fourth-order valence-electron chi connectivity index (χ4n) is 4.38. The van der Waals surface area contributed by atoms with Gasteiger partial charge in [0.15, 0.2) is 0 Å². The maximum absolute atomic E-state index is 13.0. The first-order chi connectivity index (χ1) is 13.5. The molecule has 2 aromatic carbocycles. The number of anilines is 1. The zero-order valence-corrected chi connectivity index (χ0v) is 15.1. The van der Waals surface area contributed by atoms with Gasteiger partial charge in [0.1, 0.15) is 0 Å². The lowest BCUT2D eigenvalue weighted by Gasteiger charge is -2.18. The zero-order valence-electron chi connectivity index (χ0n) is 15.1. The summed E-state index contributed by atoms with van der Waals surface area (Å²) in [5, 5.41) is 30.0. The Morgan fingerprint density at radius 3 is 2.82 bits per heavy atom. The Labute approximate surface area is 159 Å². The number of aliphatic carboxylic acids is 1. The topological polar surface area (TPSA) is 116 Å². The minimum absolute atomic E-state index is 0.0587. The Hall–Kier alpha value is -3.13. The van der Waals surface area contributed by atoms with Crippen LogP contribution < -0.4 is 21.6 Å². The molecular weight excluding hydrogens is 360 g/mol. The number of pyridine rings is 1. The van der Waals surface area contributed by atoms with Gasteiger partial charge in [-0.15, -0.1) is 0 Å². The molecule has 0 spiro atoms. The first-order valence-electron chi connectivity index (χ1n) is 9.42. The molecule has 144 valence electrons. The van der Waals surface area contributed by atoms with Crippen LogP contribution in [0.1, 0.15) is 12.8 Å². The van der Waals surface area contributed by atoms with Crippen molar-refractivity contribution in [2.75, 3.05) is 18.4 Å². The summed E-state index contributed by atoms with van der Waals surface area (Å²) in [4.78, 5) is 28.7. The Kier molecular flexibility index (Phi) is 3.77. The average Bonchev–Trinajstić information content (AvgIpc) is 3.03. The van der Waals surface area contributed by atoms with Gasteiger partial charge < -0.3 is 20.8 Å². The summed E-state index contributed by atoms with van der Waals surface area (Å²) in [6, 6.07) is 7.66. The van der Waals surface area contributed by atoms with Gasteiger partial charge in [0.25, 0.3) is 5.56 Å². The lowest BCUT2D eigenvalue weighted by molar-refractivity contribution is -0.137. The monoisotopic (exact) mass is 380 g/mol. The van der Waals surface area contributed by atoms with Gasteiger partial charge in [-0.1, -0.05) is 0 Å². The molecule has 1 aromatic heterocycles. The molecule has 0 radical (unpaired) electrons. The number of carboxylic acid groups (broad SMARTS) is 1. The Bertz CT molecular complexity index is 1230. The molecule has 8 heteroatoms. The van der Waals surface area contributed by atoms with Crippen LogP contribution in [0.2, 0.25) is 0 Å². The first kappa shape index (κ1) is 17.0. The summed E-state index contributed by atoms with van der Waals surface area (Å²) in [5.74, 6) is -1.05. The van der Waals surface area contributed by atoms with Crippen LogP contribution in [0.3, 0.4) is 0 Å². The summed E-state index contributed by atoms with van der Waals surface area (Å²) >= 11 is 0. The van der Waals surface area contributed by atoms with E-state index in [0.29, 0.717) is 16.2 Å². The van der Waals surface area contributed by atoms with Crippen molar-refractivity contribution in [2.45, 2.75) is 31.5 Å². The smallest absolute Gasteiger partial charge is 0.303 e. The lowest BCUT2D eigenvalue weighted by Crippen LogP contribution is -2.30. The summed E-state index contributed by atoms with van der Waals surface area (Å²) < 4.78 is 1.27. The van der Waals surface area contributed by atoms with Crippen LogP contribution in [0, 0.1) is 0 Å². The van der Waals surface area contributed by atoms with E-state index < -0.39 is 5.97 Å². The predicted octanol–water partition coefficient (Wildman–Crippen LogP) is 0.829. The highest BCUT2D eigenvalue weighted by Crippen LogP contribution is 2.34. The number of hydrogen-bond donors (Lipinski definition) is 4. The highest BCUT2D eigenvalue weighted by Gasteiger charge is 2.29. The normalized spacial score (nSPS) is 20.6. The number of rotatable bonds is 4. The number of aromatic nitrogens is 1. The van der Waals surface area contributed by atoms with Gasteiger partial charge in [-0.2, -0.15) is 0 Å². The van der Waals surface area contributed by atoms with Crippen molar-refractivity contribution in [3.63, 3.8) is 0 Å². The third-order valence-corrected chi connectivity index (χ3v) is 5.71. The summed E-state index contributed by atoms with van der Waals surface area (Å²) in [7, 11) is 0. The second-order valence-electron chi connectivity index (χ2n) is 7.43. The van der Waals surface area contributed by atoms with Gasteiger partial charge in [0, 0.05) is 53.3 Å². The third-order valence-electron chi connectivity index (χ3n) is 5.71. The standard InChI is InChI=1S/C20H20N4O4/c25-16(26)2-1-7-24-19(27)10-3-5-12-18-13(6-4-11(17(10)18)20(24)28)23-15-9-21-8-14(15)22-12/h3-6,14-15,21-22,28H,1-2,7-9H2,(H,25,26). The van der Waals surface area contributed by atoms with Gasteiger partial charge >= 0.3 is 5.97 Å². The van der Waals surface area contributed by atoms with Gasteiger partial charge in [-0.25, -0.2) is 0 Å². The van der Waals surface area contributed by atoms with Crippen molar-refractivity contribution in [1.82, 2.24) is 9.88 Å². The Balaban J connectivity index is 1.76. The molecule has 2 aliphatic heterocycles. The number of fused-ring (bicyclic) bond motifs is 1. The highest BCUT2D eigenvalue weighted by atomic mass is 16.4. The SMILES string of the molecule is O=C(O)CCCn1c(O)c2ccc3c4c(ccc(c1=O)c24)NC1CNCC1N=3. The molecule has 2 atom stereocenters. The second-order valence-corrected chi connectivity index (χ2v) is 7.43. The summed E-state index contributed by atoms with van der Waals surface area (Å²) in [5.41, 5.74) is 0.598. The van der Waals surface area contributed by atoms with E-state index in [0.717, 1.165) is 29.5 Å². The number of aromatic hydroxyl groups is 1. The zero-order chi connectivity index (χ0) is 19.4. The van der Waals surface area contributed by atoms with E-state index in [1.165, 1.54) is 4.57 Å². The van der Waals surface area contributed by atoms with Crippen LogP contribution in [0.4, 0.5) is 5.69 Å². The maximum atomic E-state index is 13.0. The van der Waals surface area contributed by atoms with E-state index in [1.807, 2.05) is 12.1 Å². The van der Waals surface area contributed by atoms with E-state index >= 15 is 0 Å². The van der Waals surface area contributed by atoms with Crippen molar-refractivity contribution in [3.05, 3.63) is 40.0 Å². The Morgan fingerprint density at radius 1 is 1.18 bits per heavy atom. The summed E-state index contributed by atoms with van der Waals surface area (Å²) in [6.45, 7) is 1.78. The predicted molar refractivity (Wildman–Crippen MR) is 105 cm³/mol. The number of carbonyl (C=O) groups is 1. The van der Waals surface area contributed by atoms with Crippen LogP contribution in [0.25, 0.3) is 21.5 Å². The molecule has 3 aromatic rings. The van der Waals surface area contributed by atoms with E-state index in [9.17, 15) is 14.7 Å². The van der Waals surface area contributed by atoms with Crippen LogP contribution in [-0.2, 0) is 11.3 Å². The molecule has 1 fully saturated rings.